The standard InChI is InChI=1S/C14H26N2O3S/c1-17-9-6-16(5-2-13(15)20)12-3-7-19-14(10-12)4-8-18-11-14/h12H,2-11H2,1H3,(H2,15,20). The normalized spacial score (nSPS) is 30.2. The van der Waals surface area contributed by atoms with Crippen molar-refractivity contribution in [3.8, 4) is 0 Å². The number of nitrogens with zero attached hydrogens (tertiary/aromatic N) is 1. The fraction of sp³-hybridized carbons (Fsp3) is 0.929. The highest BCUT2D eigenvalue weighted by Gasteiger charge is 2.42. The Morgan fingerprint density at radius 3 is 2.95 bits per heavy atom. The van der Waals surface area contributed by atoms with Crippen molar-refractivity contribution < 1.29 is 14.2 Å². The summed E-state index contributed by atoms with van der Waals surface area (Å²) in [5.74, 6) is 0. The lowest BCUT2D eigenvalue weighted by atomic mass is 9.88. The summed E-state index contributed by atoms with van der Waals surface area (Å²) in [6, 6.07) is 0.509. The molecule has 2 atom stereocenters. The van der Waals surface area contributed by atoms with Crippen LogP contribution in [0.2, 0.25) is 0 Å². The Labute approximate surface area is 126 Å². The third-order valence-corrected chi connectivity index (χ3v) is 4.48. The van der Waals surface area contributed by atoms with Crippen LogP contribution < -0.4 is 5.73 Å². The fourth-order valence-corrected chi connectivity index (χ4v) is 3.21. The Bertz CT molecular complexity index is 322. The molecule has 0 aliphatic carbocycles. The van der Waals surface area contributed by atoms with Crippen LogP contribution in [0.4, 0.5) is 0 Å². The molecule has 0 amide bonds. The van der Waals surface area contributed by atoms with E-state index < -0.39 is 0 Å². The summed E-state index contributed by atoms with van der Waals surface area (Å²) in [4.78, 5) is 3.03. The molecule has 2 aliphatic heterocycles. The van der Waals surface area contributed by atoms with Gasteiger partial charge in [0, 0.05) is 52.3 Å². The molecule has 2 unspecified atom stereocenters. The molecule has 0 radical (unpaired) electrons. The van der Waals surface area contributed by atoms with Gasteiger partial charge in [0.15, 0.2) is 0 Å². The van der Waals surface area contributed by atoms with E-state index in [0.29, 0.717) is 11.0 Å². The number of ether oxygens (including phenoxy) is 3. The van der Waals surface area contributed by atoms with Gasteiger partial charge in [-0.15, -0.1) is 0 Å². The summed E-state index contributed by atoms with van der Waals surface area (Å²) in [6.45, 7) is 4.92. The van der Waals surface area contributed by atoms with E-state index in [-0.39, 0.29) is 5.60 Å². The maximum Gasteiger partial charge on any atom is 0.0951 e. The highest BCUT2D eigenvalue weighted by atomic mass is 32.1. The summed E-state index contributed by atoms with van der Waals surface area (Å²) in [5.41, 5.74) is 5.59. The van der Waals surface area contributed by atoms with Gasteiger partial charge in [0.1, 0.15) is 0 Å². The van der Waals surface area contributed by atoms with Gasteiger partial charge in [0.2, 0.25) is 0 Å². The van der Waals surface area contributed by atoms with E-state index in [2.05, 4.69) is 4.90 Å². The number of thiocarbonyl (C=S) groups is 1. The van der Waals surface area contributed by atoms with Crippen molar-refractivity contribution in [2.24, 2.45) is 5.73 Å². The van der Waals surface area contributed by atoms with Crippen LogP contribution in [0, 0.1) is 0 Å². The lowest BCUT2D eigenvalue weighted by molar-refractivity contribution is -0.107. The Morgan fingerprint density at radius 2 is 2.30 bits per heavy atom. The van der Waals surface area contributed by atoms with Gasteiger partial charge in [-0.2, -0.15) is 0 Å². The molecule has 2 N–H and O–H groups in total. The second kappa shape index (κ2) is 7.66. The number of hydrogen-bond donors (Lipinski definition) is 1. The van der Waals surface area contributed by atoms with Crippen LogP contribution in [0.1, 0.15) is 25.7 Å². The Morgan fingerprint density at radius 1 is 1.45 bits per heavy atom. The molecule has 0 bridgehead atoms. The van der Waals surface area contributed by atoms with Gasteiger partial charge in [-0.3, -0.25) is 4.90 Å². The summed E-state index contributed by atoms with van der Waals surface area (Å²) >= 11 is 5.00. The zero-order valence-corrected chi connectivity index (χ0v) is 13.1. The van der Waals surface area contributed by atoms with Gasteiger partial charge >= 0.3 is 0 Å². The van der Waals surface area contributed by atoms with E-state index >= 15 is 0 Å². The van der Waals surface area contributed by atoms with Crippen LogP contribution in [-0.2, 0) is 14.2 Å². The van der Waals surface area contributed by atoms with Gasteiger partial charge in [0.25, 0.3) is 0 Å². The molecule has 2 aliphatic rings. The van der Waals surface area contributed by atoms with E-state index in [1.165, 1.54) is 0 Å². The number of rotatable bonds is 7. The highest BCUT2D eigenvalue weighted by Crippen LogP contribution is 2.34. The number of hydrogen-bond acceptors (Lipinski definition) is 5. The maximum atomic E-state index is 6.00. The first-order valence-corrected chi connectivity index (χ1v) is 7.79. The molecule has 2 saturated heterocycles. The van der Waals surface area contributed by atoms with Gasteiger partial charge < -0.3 is 19.9 Å². The van der Waals surface area contributed by atoms with Crippen LogP contribution in [0.25, 0.3) is 0 Å². The lowest BCUT2D eigenvalue weighted by Gasteiger charge is -2.42. The summed E-state index contributed by atoms with van der Waals surface area (Å²) in [5, 5.41) is 0. The van der Waals surface area contributed by atoms with Gasteiger partial charge in [-0.05, 0) is 12.8 Å². The van der Waals surface area contributed by atoms with Crippen LogP contribution in [0.15, 0.2) is 0 Å². The molecule has 2 fully saturated rings. The predicted octanol–water partition coefficient (Wildman–Crippen LogP) is 0.949. The molecule has 1 spiro atoms. The van der Waals surface area contributed by atoms with Crippen LogP contribution in [0.3, 0.4) is 0 Å². The van der Waals surface area contributed by atoms with Crippen molar-refractivity contribution in [2.45, 2.75) is 37.3 Å². The summed E-state index contributed by atoms with van der Waals surface area (Å²) < 4.78 is 16.8. The van der Waals surface area contributed by atoms with E-state index in [1.54, 1.807) is 7.11 Å². The molecular formula is C14H26N2O3S. The first-order chi connectivity index (χ1) is 9.65. The van der Waals surface area contributed by atoms with E-state index in [0.717, 1.165) is 65.2 Å². The third-order valence-electron chi connectivity index (χ3n) is 4.28. The molecular weight excluding hydrogens is 276 g/mol. The van der Waals surface area contributed by atoms with Crippen molar-refractivity contribution >= 4 is 17.2 Å². The largest absolute Gasteiger partial charge is 0.393 e. The van der Waals surface area contributed by atoms with Crippen LogP contribution in [0.5, 0.6) is 0 Å². The van der Waals surface area contributed by atoms with Crippen molar-refractivity contribution in [3.63, 3.8) is 0 Å². The zero-order valence-electron chi connectivity index (χ0n) is 12.3. The van der Waals surface area contributed by atoms with Gasteiger partial charge in [-0.25, -0.2) is 0 Å². The number of nitrogens with two attached hydrogens (primary N) is 1. The van der Waals surface area contributed by atoms with Crippen molar-refractivity contribution in [1.82, 2.24) is 4.90 Å². The molecule has 6 heteroatoms. The van der Waals surface area contributed by atoms with Crippen LogP contribution in [-0.4, -0.2) is 68.2 Å². The first kappa shape index (κ1) is 16.1. The second-order valence-electron chi connectivity index (χ2n) is 5.73. The van der Waals surface area contributed by atoms with Gasteiger partial charge in [-0.1, -0.05) is 12.2 Å². The quantitative estimate of drug-likeness (QED) is 0.707. The third kappa shape index (κ3) is 4.36. The number of methoxy groups -OCH3 is 1. The SMILES string of the molecule is COCCN(CCC(N)=S)C1CCOC2(CCOC2)C1. The monoisotopic (exact) mass is 302 g/mol. The predicted molar refractivity (Wildman–Crippen MR) is 82.0 cm³/mol. The molecule has 0 saturated carbocycles. The first-order valence-electron chi connectivity index (χ1n) is 7.38. The Balaban J connectivity index is 1.93. The lowest BCUT2D eigenvalue weighted by Crippen LogP contribution is -2.50. The minimum absolute atomic E-state index is 0.0581. The average Bonchev–Trinajstić information content (AvgIpc) is 2.86. The van der Waals surface area contributed by atoms with E-state index in [9.17, 15) is 0 Å². The molecule has 0 aromatic heterocycles. The van der Waals surface area contributed by atoms with Gasteiger partial charge in [0.05, 0.1) is 23.8 Å². The minimum atomic E-state index is -0.0581. The molecule has 116 valence electrons. The molecule has 0 aromatic carbocycles. The highest BCUT2D eigenvalue weighted by molar-refractivity contribution is 7.80. The molecule has 20 heavy (non-hydrogen) atoms. The minimum Gasteiger partial charge on any atom is -0.393 e. The van der Waals surface area contributed by atoms with Crippen molar-refractivity contribution in [2.75, 3.05) is 46.6 Å². The summed E-state index contributed by atoms with van der Waals surface area (Å²) in [7, 11) is 1.74. The van der Waals surface area contributed by atoms with E-state index in [1.807, 2.05) is 0 Å². The molecule has 2 rings (SSSR count). The smallest absolute Gasteiger partial charge is 0.0951 e. The van der Waals surface area contributed by atoms with E-state index in [4.69, 9.17) is 32.2 Å². The molecule has 0 aromatic rings. The Hall–Kier alpha value is -0.270. The van der Waals surface area contributed by atoms with Crippen LogP contribution >= 0.6 is 12.2 Å². The van der Waals surface area contributed by atoms with Crippen molar-refractivity contribution in [3.05, 3.63) is 0 Å². The molecule has 2 heterocycles. The fourth-order valence-electron chi connectivity index (χ4n) is 3.12. The maximum absolute atomic E-state index is 6.00. The topological polar surface area (TPSA) is 57.0 Å². The summed E-state index contributed by atoms with van der Waals surface area (Å²) in [6.07, 6.45) is 3.87. The Kier molecular flexibility index (Phi) is 6.17. The molecule has 5 nitrogen and oxygen atoms in total. The zero-order chi connectivity index (χ0) is 14.4. The average molecular weight is 302 g/mol. The second-order valence-corrected chi connectivity index (χ2v) is 6.25. The van der Waals surface area contributed by atoms with Crippen molar-refractivity contribution in [1.29, 1.82) is 0 Å².